The predicted octanol–water partition coefficient (Wildman–Crippen LogP) is 3.57. The number of hydrogen-bond donors (Lipinski definition) is 0. The predicted molar refractivity (Wildman–Crippen MR) is 85.3 cm³/mol. The topological polar surface area (TPSA) is 39.9 Å². The summed E-state index contributed by atoms with van der Waals surface area (Å²) in [5.41, 5.74) is 4.36. The highest BCUT2D eigenvalue weighted by molar-refractivity contribution is 5.56. The largest absolute Gasteiger partial charge is 0.490 e. The van der Waals surface area contributed by atoms with Gasteiger partial charge in [-0.05, 0) is 49.2 Å². The lowest BCUT2D eigenvalue weighted by Crippen LogP contribution is -2.05. The fourth-order valence-electron chi connectivity index (χ4n) is 2.86. The van der Waals surface area contributed by atoms with Gasteiger partial charge in [0, 0.05) is 30.7 Å². The molecule has 0 radical (unpaired) electrons. The van der Waals surface area contributed by atoms with Crippen molar-refractivity contribution in [2.75, 3.05) is 0 Å². The number of benzene rings is 1. The third-order valence-corrected chi connectivity index (χ3v) is 3.94. The van der Waals surface area contributed by atoms with E-state index in [9.17, 15) is 0 Å². The molecule has 22 heavy (non-hydrogen) atoms. The van der Waals surface area contributed by atoms with Crippen LogP contribution in [0, 0.1) is 6.92 Å². The van der Waals surface area contributed by atoms with E-state index in [1.165, 1.54) is 5.56 Å². The molecular weight excluding hydrogens is 274 g/mol. The second-order valence-corrected chi connectivity index (χ2v) is 5.77. The Balaban J connectivity index is 1.77. The van der Waals surface area contributed by atoms with Crippen LogP contribution in [0.2, 0.25) is 0 Å². The van der Waals surface area contributed by atoms with Crippen molar-refractivity contribution >= 4 is 0 Å². The van der Waals surface area contributed by atoms with Gasteiger partial charge in [-0.15, -0.1) is 0 Å². The number of fused-ring (bicyclic) bond motifs is 1. The van der Waals surface area contributed by atoms with Crippen LogP contribution in [0.4, 0.5) is 0 Å². The van der Waals surface area contributed by atoms with Gasteiger partial charge in [0.25, 0.3) is 0 Å². The molecule has 3 heterocycles. The van der Waals surface area contributed by atoms with Crippen molar-refractivity contribution in [2.24, 2.45) is 0 Å². The van der Waals surface area contributed by atoms with E-state index in [0.29, 0.717) is 0 Å². The fourth-order valence-corrected chi connectivity index (χ4v) is 2.86. The summed E-state index contributed by atoms with van der Waals surface area (Å²) in [4.78, 5) is 8.95. The van der Waals surface area contributed by atoms with Gasteiger partial charge in [-0.25, -0.2) is 4.98 Å². The van der Waals surface area contributed by atoms with Gasteiger partial charge in [-0.1, -0.05) is 6.07 Å². The molecule has 0 bridgehead atoms. The molecule has 110 valence electrons. The molecule has 4 rings (SSSR count). The van der Waals surface area contributed by atoms with Crippen LogP contribution in [0.5, 0.6) is 5.75 Å². The molecule has 4 heteroatoms. The molecule has 0 spiro atoms. The number of aromatic nitrogens is 3. The van der Waals surface area contributed by atoms with E-state index in [4.69, 9.17) is 4.74 Å². The lowest BCUT2D eigenvalue weighted by atomic mass is 10.1. The minimum absolute atomic E-state index is 0.256. The van der Waals surface area contributed by atoms with E-state index in [2.05, 4.69) is 39.7 Å². The Morgan fingerprint density at radius 2 is 2.09 bits per heavy atom. The summed E-state index contributed by atoms with van der Waals surface area (Å²) in [6, 6.07) is 10.3. The first kappa shape index (κ1) is 13.1. The van der Waals surface area contributed by atoms with E-state index in [-0.39, 0.29) is 6.10 Å². The zero-order valence-electron chi connectivity index (χ0n) is 12.7. The number of nitrogens with zero attached hydrogens (tertiary/aromatic N) is 3. The first-order valence-electron chi connectivity index (χ1n) is 7.47. The SMILES string of the molecule is Cc1ccc(-c2nccn2-c2ccc3c(c2)CC(C)O3)nc1. The third-order valence-electron chi connectivity index (χ3n) is 3.94. The average Bonchev–Trinajstić information content (AvgIpc) is 3.12. The van der Waals surface area contributed by atoms with Crippen molar-refractivity contribution in [1.82, 2.24) is 14.5 Å². The van der Waals surface area contributed by atoms with Gasteiger partial charge in [0.2, 0.25) is 0 Å². The van der Waals surface area contributed by atoms with Crippen LogP contribution in [0.1, 0.15) is 18.1 Å². The maximum absolute atomic E-state index is 5.77. The highest BCUT2D eigenvalue weighted by Crippen LogP contribution is 2.31. The van der Waals surface area contributed by atoms with E-state index in [1.807, 2.05) is 37.6 Å². The summed E-state index contributed by atoms with van der Waals surface area (Å²) >= 11 is 0. The Bertz CT molecular complexity index is 821. The quantitative estimate of drug-likeness (QED) is 0.724. The monoisotopic (exact) mass is 291 g/mol. The number of hydrogen-bond acceptors (Lipinski definition) is 3. The summed E-state index contributed by atoms with van der Waals surface area (Å²) in [5, 5.41) is 0. The molecule has 0 fully saturated rings. The van der Waals surface area contributed by atoms with E-state index in [1.54, 1.807) is 0 Å². The lowest BCUT2D eigenvalue weighted by molar-refractivity contribution is 0.254. The van der Waals surface area contributed by atoms with Crippen LogP contribution >= 0.6 is 0 Å². The number of aryl methyl sites for hydroxylation is 1. The molecule has 1 aromatic carbocycles. The number of pyridine rings is 1. The van der Waals surface area contributed by atoms with Gasteiger partial charge in [-0.2, -0.15) is 0 Å². The van der Waals surface area contributed by atoms with Gasteiger partial charge >= 0.3 is 0 Å². The molecule has 0 saturated carbocycles. The molecule has 2 aromatic heterocycles. The Labute approximate surface area is 129 Å². The van der Waals surface area contributed by atoms with Crippen molar-refractivity contribution in [1.29, 1.82) is 0 Å². The molecule has 1 aliphatic heterocycles. The highest BCUT2D eigenvalue weighted by atomic mass is 16.5. The Morgan fingerprint density at radius 3 is 2.91 bits per heavy atom. The van der Waals surface area contributed by atoms with Crippen LogP contribution in [-0.4, -0.2) is 20.6 Å². The van der Waals surface area contributed by atoms with Gasteiger partial charge in [0.05, 0.1) is 0 Å². The van der Waals surface area contributed by atoms with Crippen LogP contribution < -0.4 is 4.74 Å². The Hall–Kier alpha value is -2.62. The number of rotatable bonds is 2. The molecule has 0 amide bonds. The molecule has 1 aliphatic rings. The van der Waals surface area contributed by atoms with Gasteiger partial charge in [-0.3, -0.25) is 9.55 Å². The molecule has 0 N–H and O–H groups in total. The van der Waals surface area contributed by atoms with Crippen molar-refractivity contribution < 1.29 is 4.74 Å². The maximum Gasteiger partial charge on any atom is 0.163 e. The van der Waals surface area contributed by atoms with Crippen molar-refractivity contribution in [3.05, 3.63) is 60.0 Å². The molecule has 0 aliphatic carbocycles. The second kappa shape index (κ2) is 4.98. The molecule has 4 nitrogen and oxygen atoms in total. The summed E-state index contributed by atoms with van der Waals surface area (Å²) in [5.74, 6) is 1.85. The number of imidazole rings is 1. The minimum Gasteiger partial charge on any atom is -0.490 e. The van der Waals surface area contributed by atoms with E-state index >= 15 is 0 Å². The van der Waals surface area contributed by atoms with Gasteiger partial charge in [0.1, 0.15) is 17.5 Å². The van der Waals surface area contributed by atoms with Gasteiger partial charge < -0.3 is 4.74 Å². The molecular formula is C18H17N3O. The molecule has 1 unspecified atom stereocenters. The molecule has 0 saturated heterocycles. The molecule has 3 aromatic rings. The summed E-state index contributed by atoms with van der Waals surface area (Å²) in [7, 11) is 0. The smallest absolute Gasteiger partial charge is 0.163 e. The third kappa shape index (κ3) is 2.17. The first-order chi connectivity index (χ1) is 10.7. The van der Waals surface area contributed by atoms with Crippen molar-refractivity contribution in [3.8, 4) is 23.0 Å². The normalized spacial score (nSPS) is 16.4. The second-order valence-electron chi connectivity index (χ2n) is 5.77. The summed E-state index contributed by atoms with van der Waals surface area (Å²) in [6.45, 7) is 4.13. The van der Waals surface area contributed by atoms with Crippen molar-refractivity contribution in [2.45, 2.75) is 26.4 Å². The van der Waals surface area contributed by atoms with E-state index < -0.39 is 0 Å². The fraction of sp³-hybridized carbons (Fsp3) is 0.222. The summed E-state index contributed by atoms with van der Waals surface area (Å²) < 4.78 is 7.84. The van der Waals surface area contributed by atoms with Gasteiger partial charge in [0.15, 0.2) is 5.82 Å². The van der Waals surface area contributed by atoms with Crippen molar-refractivity contribution in [3.63, 3.8) is 0 Å². The first-order valence-corrected chi connectivity index (χ1v) is 7.47. The highest BCUT2D eigenvalue weighted by Gasteiger charge is 2.20. The minimum atomic E-state index is 0.256. The van der Waals surface area contributed by atoms with Crippen LogP contribution in [0.3, 0.4) is 0 Å². The van der Waals surface area contributed by atoms with Crippen LogP contribution in [0.15, 0.2) is 48.9 Å². The average molecular weight is 291 g/mol. The Kier molecular flexibility index (Phi) is 2.96. The standard InChI is InChI=1S/C18H17N3O/c1-12-3-5-16(20-11-12)18-19-7-8-21(18)15-4-6-17-14(10-15)9-13(2)22-17/h3-8,10-11,13H,9H2,1-2H3. The van der Waals surface area contributed by atoms with Crippen LogP contribution in [0.25, 0.3) is 17.2 Å². The maximum atomic E-state index is 5.77. The molecule has 1 atom stereocenters. The lowest BCUT2D eigenvalue weighted by Gasteiger charge is -2.09. The van der Waals surface area contributed by atoms with Crippen LogP contribution in [-0.2, 0) is 6.42 Å². The number of ether oxygens (including phenoxy) is 1. The zero-order chi connectivity index (χ0) is 15.1. The Morgan fingerprint density at radius 1 is 1.18 bits per heavy atom. The van der Waals surface area contributed by atoms with E-state index in [0.717, 1.165) is 34.9 Å². The zero-order valence-corrected chi connectivity index (χ0v) is 12.7. The summed E-state index contributed by atoms with van der Waals surface area (Å²) in [6.07, 6.45) is 6.86.